The van der Waals surface area contributed by atoms with Gasteiger partial charge in [0.05, 0.1) is 6.61 Å². The molecule has 0 radical (unpaired) electrons. The minimum Gasteiger partial charge on any atom is -0.477 e. The van der Waals surface area contributed by atoms with E-state index in [-0.39, 0.29) is 0 Å². The number of hydrogen-bond donors (Lipinski definition) is 1. The number of aromatic nitrogens is 2. The standard InChI is InChI=1S/C15H27N3O/c1-5-7-8-9-16-14-10-15(19-11-12(3)4)18-13(6-2)17-14/h10,12H,5-9,11H2,1-4H3,(H,16,17,18). The Morgan fingerprint density at radius 1 is 1.21 bits per heavy atom. The molecule has 1 aromatic heterocycles. The van der Waals surface area contributed by atoms with E-state index in [0.29, 0.717) is 18.4 Å². The fourth-order valence-corrected chi connectivity index (χ4v) is 1.64. The van der Waals surface area contributed by atoms with Crippen molar-refractivity contribution in [3.05, 3.63) is 11.9 Å². The predicted molar refractivity (Wildman–Crippen MR) is 79.8 cm³/mol. The molecule has 0 bridgehead atoms. The van der Waals surface area contributed by atoms with E-state index in [4.69, 9.17) is 4.74 Å². The van der Waals surface area contributed by atoms with Crippen LogP contribution in [0.25, 0.3) is 0 Å². The predicted octanol–water partition coefficient (Wildman–Crippen LogP) is 3.68. The first kappa shape index (κ1) is 15.7. The molecule has 0 aliphatic heterocycles. The minimum absolute atomic E-state index is 0.501. The van der Waals surface area contributed by atoms with Crippen molar-refractivity contribution in [1.29, 1.82) is 0 Å². The van der Waals surface area contributed by atoms with Crippen molar-refractivity contribution >= 4 is 5.82 Å². The van der Waals surface area contributed by atoms with Crippen molar-refractivity contribution in [3.8, 4) is 5.88 Å². The van der Waals surface area contributed by atoms with Gasteiger partial charge in [-0.1, -0.05) is 40.5 Å². The summed E-state index contributed by atoms with van der Waals surface area (Å²) in [4.78, 5) is 8.87. The average molecular weight is 265 g/mol. The molecule has 0 spiro atoms. The molecular formula is C15H27N3O. The molecule has 1 N–H and O–H groups in total. The van der Waals surface area contributed by atoms with Gasteiger partial charge in [0.2, 0.25) is 5.88 Å². The molecular weight excluding hydrogens is 238 g/mol. The molecule has 0 amide bonds. The maximum atomic E-state index is 5.69. The Morgan fingerprint density at radius 3 is 2.63 bits per heavy atom. The van der Waals surface area contributed by atoms with E-state index in [1.54, 1.807) is 0 Å². The van der Waals surface area contributed by atoms with Crippen molar-refractivity contribution in [2.45, 2.75) is 53.4 Å². The van der Waals surface area contributed by atoms with Crippen LogP contribution in [-0.4, -0.2) is 23.1 Å². The average Bonchev–Trinajstić information content (AvgIpc) is 2.41. The second kappa shape index (κ2) is 8.73. The smallest absolute Gasteiger partial charge is 0.218 e. The van der Waals surface area contributed by atoms with E-state index in [1.165, 1.54) is 19.3 Å². The topological polar surface area (TPSA) is 47.0 Å². The monoisotopic (exact) mass is 265 g/mol. The van der Waals surface area contributed by atoms with Crippen LogP contribution in [0.15, 0.2) is 6.07 Å². The number of nitrogens with zero attached hydrogens (tertiary/aromatic N) is 2. The van der Waals surface area contributed by atoms with Crippen LogP contribution >= 0.6 is 0 Å². The summed E-state index contributed by atoms with van der Waals surface area (Å²) < 4.78 is 5.69. The molecule has 0 fully saturated rings. The van der Waals surface area contributed by atoms with Gasteiger partial charge in [-0.15, -0.1) is 0 Å². The molecule has 108 valence electrons. The Morgan fingerprint density at radius 2 is 2.00 bits per heavy atom. The van der Waals surface area contributed by atoms with Crippen LogP contribution in [0.3, 0.4) is 0 Å². The second-order valence-corrected chi connectivity index (χ2v) is 5.20. The van der Waals surface area contributed by atoms with Crippen LogP contribution in [0.1, 0.15) is 52.8 Å². The van der Waals surface area contributed by atoms with Gasteiger partial charge >= 0.3 is 0 Å². The molecule has 0 unspecified atom stereocenters. The maximum Gasteiger partial charge on any atom is 0.218 e. The Kier molecular flexibility index (Phi) is 7.23. The zero-order chi connectivity index (χ0) is 14.1. The third-order valence-corrected chi connectivity index (χ3v) is 2.72. The number of hydrogen-bond acceptors (Lipinski definition) is 4. The van der Waals surface area contributed by atoms with Crippen molar-refractivity contribution < 1.29 is 4.74 Å². The molecule has 0 aliphatic rings. The highest BCUT2D eigenvalue weighted by Gasteiger charge is 2.05. The highest BCUT2D eigenvalue weighted by atomic mass is 16.5. The number of aryl methyl sites for hydroxylation is 1. The first-order valence-electron chi connectivity index (χ1n) is 7.40. The van der Waals surface area contributed by atoms with E-state index in [2.05, 4.69) is 43.0 Å². The van der Waals surface area contributed by atoms with Gasteiger partial charge in [0.1, 0.15) is 11.6 Å². The highest BCUT2D eigenvalue weighted by Crippen LogP contribution is 2.15. The number of anilines is 1. The van der Waals surface area contributed by atoms with E-state index in [9.17, 15) is 0 Å². The molecule has 0 saturated heterocycles. The molecule has 0 aromatic carbocycles. The summed E-state index contributed by atoms with van der Waals surface area (Å²) in [6.07, 6.45) is 4.47. The van der Waals surface area contributed by atoms with Gasteiger partial charge in [0, 0.05) is 19.0 Å². The molecule has 4 nitrogen and oxygen atoms in total. The zero-order valence-electron chi connectivity index (χ0n) is 12.7. The molecule has 0 aliphatic carbocycles. The summed E-state index contributed by atoms with van der Waals surface area (Å²) in [5.74, 6) is 2.89. The minimum atomic E-state index is 0.501. The Hall–Kier alpha value is -1.32. The van der Waals surface area contributed by atoms with Gasteiger partial charge in [0.15, 0.2) is 0 Å². The zero-order valence-corrected chi connectivity index (χ0v) is 12.7. The van der Waals surface area contributed by atoms with E-state index in [1.807, 2.05) is 6.07 Å². The molecule has 1 heterocycles. The largest absolute Gasteiger partial charge is 0.477 e. The highest BCUT2D eigenvalue weighted by molar-refractivity contribution is 5.38. The number of nitrogens with one attached hydrogen (secondary N) is 1. The second-order valence-electron chi connectivity index (χ2n) is 5.20. The Balaban J connectivity index is 2.60. The summed E-state index contributed by atoms with van der Waals surface area (Å²) >= 11 is 0. The summed E-state index contributed by atoms with van der Waals surface area (Å²) in [6.45, 7) is 10.2. The van der Waals surface area contributed by atoms with Gasteiger partial charge in [-0.25, -0.2) is 4.98 Å². The van der Waals surface area contributed by atoms with Gasteiger partial charge in [0.25, 0.3) is 0 Å². The van der Waals surface area contributed by atoms with E-state index in [0.717, 1.165) is 24.6 Å². The van der Waals surface area contributed by atoms with Crippen molar-refractivity contribution in [2.24, 2.45) is 5.92 Å². The van der Waals surface area contributed by atoms with Crippen LogP contribution in [0.4, 0.5) is 5.82 Å². The fourth-order valence-electron chi connectivity index (χ4n) is 1.64. The number of unbranched alkanes of at least 4 members (excludes halogenated alkanes) is 2. The lowest BCUT2D eigenvalue weighted by Gasteiger charge is -2.11. The lowest BCUT2D eigenvalue weighted by molar-refractivity contribution is 0.260. The molecule has 0 saturated carbocycles. The van der Waals surface area contributed by atoms with Gasteiger partial charge < -0.3 is 10.1 Å². The van der Waals surface area contributed by atoms with Gasteiger partial charge in [-0.3, -0.25) is 0 Å². The van der Waals surface area contributed by atoms with Crippen LogP contribution in [-0.2, 0) is 6.42 Å². The maximum absolute atomic E-state index is 5.69. The summed E-state index contributed by atoms with van der Waals surface area (Å²) in [5, 5.41) is 3.35. The number of ether oxygens (including phenoxy) is 1. The normalized spacial score (nSPS) is 10.8. The third-order valence-electron chi connectivity index (χ3n) is 2.72. The summed E-state index contributed by atoms with van der Waals surface area (Å²) in [7, 11) is 0. The Labute approximate surface area is 117 Å². The first-order valence-corrected chi connectivity index (χ1v) is 7.40. The SMILES string of the molecule is CCCCCNc1cc(OCC(C)C)nc(CC)n1. The lowest BCUT2D eigenvalue weighted by Crippen LogP contribution is -2.10. The summed E-state index contributed by atoms with van der Waals surface area (Å²) in [5.41, 5.74) is 0. The van der Waals surface area contributed by atoms with Gasteiger partial charge in [-0.2, -0.15) is 4.98 Å². The van der Waals surface area contributed by atoms with Crippen LogP contribution < -0.4 is 10.1 Å². The quantitative estimate of drug-likeness (QED) is 0.692. The van der Waals surface area contributed by atoms with Crippen LogP contribution in [0.2, 0.25) is 0 Å². The van der Waals surface area contributed by atoms with Crippen molar-refractivity contribution in [2.75, 3.05) is 18.5 Å². The van der Waals surface area contributed by atoms with Crippen LogP contribution in [0.5, 0.6) is 5.88 Å². The Bertz CT molecular complexity index is 366. The van der Waals surface area contributed by atoms with Crippen LogP contribution in [0, 0.1) is 5.92 Å². The van der Waals surface area contributed by atoms with E-state index >= 15 is 0 Å². The molecule has 19 heavy (non-hydrogen) atoms. The number of rotatable bonds is 9. The van der Waals surface area contributed by atoms with Gasteiger partial charge in [-0.05, 0) is 12.3 Å². The van der Waals surface area contributed by atoms with E-state index < -0.39 is 0 Å². The molecule has 1 rings (SSSR count). The lowest BCUT2D eigenvalue weighted by atomic mass is 10.2. The third kappa shape index (κ3) is 6.41. The molecule has 1 aromatic rings. The summed E-state index contributed by atoms with van der Waals surface area (Å²) in [6, 6.07) is 1.90. The molecule has 0 atom stereocenters. The first-order chi connectivity index (χ1) is 9.15. The fraction of sp³-hybridized carbons (Fsp3) is 0.733. The van der Waals surface area contributed by atoms with Crippen molar-refractivity contribution in [3.63, 3.8) is 0 Å². The van der Waals surface area contributed by atoms with Crippen molar-refractivity contribution in [1.82, 2.24) is 9.97 Å². The molecule has 4 heteroatoms.